The molecule has 0 saturated carbocycles. The van der Waals surface area contributed by atoms with E-state index in [2.05, 4.69) is 0 Å². The van der Waals surface area contributed by atoms with Crippen LogP contribution >= 0.6 is 0 Å². The number of hydrogen-bond acceptors (Lipinski definition) is 5. The van der Waals surface area contributed by atoms with Crippen LogP contribution in [0.5, 0.6) is 0 Å². The standard InChI is InChI=1S/C19H32N2O5/c1-6-25-15(22)8-11-21-14(2)12-19(16(21)23)9-7-10-20(13-19)17(24)26-18(3,4)5/h14H,6-13H2,1-5H3. The predicted molar refractivity (Wildman–Crippen MR) is 96.5 cm³/mol. The number of ether oxygens (including phenoxy) is 2. The van der Waals surface area contributed by atoms with Crippen LogP contribution in [0.4, 0.5) is 4.79 Å². The van der Waals surface area contributed by atoms with Gasteiger partial charge in [0.2, 0.25) is 5.91 Å². The van der Waals surface area contributed by atoms with E-state index in [0.717, 1.165) is 12.8 Å². The van der Waals surface area contributed by atoms with Crippen LogP contribution in [0.1, 0.15) is 60.3 Å². The molecule has 2 unspecified atom stereocenters. The van der Waals surface area contributed by atoms with Crippen molar-refractivity contribution in [3.8, 4) is 0 Å². The first-order valence-corrected chi connectivity index (χ1v) is 9.52. The summed E-state index contributed by atoms with van der Waals surface area (Å²) in [5, 5.41) is 0. The lowest BCUT2D eigenvalue weighted by Crippen LogP contribution is -2.51. The van der Waals surface area contributed by atoms with Crippen LogP contribution < -0.4 is 0 Å². The molecule has 7 nitrogen and oxygen atoms in total. The van der Waals surface area contributed by atoms with E-state index in [0.29, 0.717) is 32.7 Å². The van der Waals surface area contributed by atoms with Gasteiger partial charge in [0.25, 0.3) is 0 Å². The van der Waals surface area contributed by atoms with Crippen LogP contribution in [0.3, 0.4) is 0 Å². The molecule has 0 bridgehead atoms. The van der Waals surface area contributed by atoms with Gasteiger partial charge in [0, 0.05) is 25.7 Å². The van der Waals surface area contributed by atoms with Crippen molar-refractivity contribution in [1.29, 1.82) is 0 Å². The number of carbonyl (C=O) groups is 3. The summed E-state index contributed by atoms with van der Waals surface area (Å²) >= 11 is 0. The van der Waals surface area contributed by atoms with E-state index < -0.39 is 11.0 Å². The van der Waals surface area contributed by atoms with Gasteiger partial charge in [-0.05, 0) is 53.9 Å². The lowest BCUT2D eigenvalue weighted by Gasteiger charge is -2.39. The molecule has 0 aliphatic carbocycles. The molecule has 2 saturated heterocycles. The number of esters is 1. The average Bonchev–Trinajstić information content (AvgIpc) is 2.74. The molecule has 2 aliphatic heterocycles. The van der Waals surface area contributed by atoms with Crippen LogP contribution in [0.25, 0.3) is 0 Å². The van der Waals surface area contributed by atoms with Crippen molar-refractivity contribution in [3.63, 3.8) is 0 Å². The van der Waals surface area contributed by atoms with Gasteiger partial charge in [-0.25, -0.2) is 4.79 Å². The number of nitrogens with zero attached hydrogens (tertiary/aromatic N) is 2. The molecule has 2 aliphatic rings. The van der Waals surface area contributed by atoms with Gasteiger partial charge in [0.05, 0.1) is 18.4 Å². The summed E-state index contributed by atoms with van der Waals surface area (Å²) in [6.45, 7) is 11.0. The summed E-state index contributed by atoms with van der Waals surface area (Å²) in [5.74, 6) is -0.241. The molecule has 0 aromatic heterocycles. The molecule has 7 heteroatoms. The fourth-order valence-corrected chi connectivity index (χ4v) is 3.99. The Morgan fingerprint density at radius 2 is 2.00 bits per heavy atom. The highest BCUT2D eigenvalue weighted by molar-refractivity contribution is 5.87. The maximum atomic E-state index is 13.1. The zero-order chi connectivity index (χ0) is 19.5. The second-order valence-corrected chi connectivity index (χ2v) is 8.39. The molecule has 0 radical (unpaired) electrons. The van der Waals surface area contributed by atoms with Crippen LogP contribution in [-0.4, -0.2) is 65.7 Å². The summed E-state index contributed by atoms with van der Waals surface area (Å²) in [5.41, 5.74) is -1.11. The van der Waals surface area contributed by atoms with Gasteiger partial charge in [-0.2, -0.15) is 0 Å². The number of amides is 2. The molecule has 148 valence electrons. The molecule has 0 aromatic rings. The first-order chi connectivity index (χ1) is 12.1. The monoisotopic (exact) mass is 368 g/mol. The van der Waals surface area contributed by atoms with Gasteiger partial charge >= 0.3 is 12.1 Å². The van der Waals surface area contributed by atoms with Crippen molar-refractivity contribution in [2.45, 2.75) is 71.9 Å². The minimum Gasteiger partial charge on any atom is -0.466 e. The van der Waals surface area contributed by atoms with Crippen LogP contribution in [0.15, 0.2) is 0 Å². The van der Waals surface area contributed by atoms with E-state index >= 15 is 0 Å². The minimum absolute atomic E-state index is 0.0440. The highest BCUT2D eigenvalue weighted by Crippen LogP contribution is 2.43. The molecule has 26 heavy (non-hydrogen) atoms. The van der Waals surface area contributed by atoms with Gasteiger partial charge in [-0.15, -0.1) is 0 Å². The number of carbonyl (C=O) groups excluding carboxylic acids is 3. The summed E-state index contributed by atoms with van der Waals surface area (Å²) in [7, 11) is 0. The Bertz CT molecular complexity index is 557. The molecular formula is C19H32N2O5. The second-order valence-electron chi connectivity index (χ2n) is 8.39. The normalized spacial score (nSPS) is 26.3. The van der Waals surface area contributed by atoms with Crippen molar-refractivity contribution in [2.24, 2.45) is 5.41 Å². The predicted octanol–water partition coefficient (Wildman–Crippen LogP) is 2.58. The zero-order valence-corrected chi connectivity index (χ0v) is 16.7. The molecule has 0 aromatic carbocycles. The second kappa shape index (κ2) is 7.84. The third-order valence-corrected chi connectivity index (χ3v) is 5.02. The van der Waals surface area contributed by atoms with E-state index in [-0.39, 0.29) is 30.4 Å². The SMILES string of the molecule is CCOC(=O)CCN1C(=O)C2(CCCN(C(=O)OC(C)(C)C)C2)CC1C. The fourth-order valence-electron chi connectivity index (χ4n) is 3.99. The molecule has 2 fully saturated rings. The number of piperidine rings is 1. The molecule has 2 heterocycles. The Labute approximate surface area is 156 Å². The van der Waals surface area contributed by atoms with Crippen LogP contribution in [0, 0.1) is 5.41 Å². The van der Waals surface area contributed by atoms with Gasteiger partial charge < -0.3 is 19.3 Å². The van der Waals surface area contributed by atoms with E-state index in [1.165, 1.54) is 0 Å². The lowest BCUT2D eigenvalue weighted by molar-refractivity contribution is -0.145. The number of rotatable bonds is 4. The van der Waals surface area contributed by atoms with E-state index in [4.69, 9.17) is 9.47 Å². The first kappa shape index (κ1) is 20.5. The van der Waals surface area contributed by atoms with Crippen molar-refractivity contribution >= 4 is 18.0 Å². The summed E-state index contributed by atoms with van der Waals surface area (Å²) in [6.07, 6.45) is 2.10. The fraction of sp³-hybridized carbons (Fsp3) is 0.842. The van der Waals surface area contributed by atoms with Gasteiger partial charge in [-0.3, -0.25) is 9.59 Å². The van der Waals surface area contributed by atoms with Crippen LogP contribution in [0.2, 0.25) is 0 Å². The number of likely N-dealkylation sites (tertiary alicyclic amines) is 2. The molecule has 2 atom stereocenters. The highest BCUT2D eigenvalue weighted by Gasteiger charge is 2.52. The quantitative estimate of drug-likeness (QED) is 0.713. The van der Waals surface area contributed by atoms with E-state index in [9.17, 15) is 14.4 Å². The largest absolute Gasteiger partial charge is 0.466 e. The average molecular weight is 368 g/mol. The highest BCUT2D eigenvalue weighted by atomic mass is 16.6. The molecule has 1 spiro atoms. The Kier molecular flexibility index (Phi) is 6.19. The first-order valence-electron chi connectivity index (χ1n) is 9.52. The smallest absolute Gasteiger partial charge is 0.410 e. The minimum atomic E-state index is -0.555. The molecular weight excluding hydrogens is 336 g/mol. The lowest BCUT2D eigenvalue weighted by atomic mass is 9.77. The van der Waals surface area contributed by atoms with Crippen molar-refractivity contribution in [2.75, 3.05) is 26.2 Å². The van der Waals surface area contributed by atoms with E-state index in [1.807, 2.05) is 27.7 Å². The number of hydrogen-bond donors (Lipinski definition) is 0. The summed E-state index contributed by atoms with van der Waals surface area (Å²) < 4.78 is 10.4. The topological polar surface area (TPSA) is 76.2 Å². The Hall–Kier alpha value is -1.79. The van der Waals surface area contributed by atoms with Crippen molar-refractivity contribution in [3.05, 3.63) is 0 Å². The van der Waals surface area contributed by atoms with Crippen molar-refractivity contribution < 1.29 is 23.9 Å². The Morgan fingerprint density at radius 3 is 2.62 bits per heavy atom. The third kappa shape index (κ3) is 4.68. The zero-order valence-electron chi connectivity index (χ0n) is 16.7. The molecule has 0 N–H and O–H groups in total. The van der Waals surface area contributed by atoms with E-state index in [1.54, 1.807) is 16.7 Å². The third-order valence-electron chi connectivity index (χ3n) is 5.02. The molecule has 2 rings (SSSR count). The maximum absolute atomic E-state index is 13.1. The Balaban J connectivity index is 2.03. The van der Waals surface area contributed by atoms with Gasteiger partial charge in [-0.1, -0.05) is 0 Å². The van der Waals surface area contributed by atoms with Crippen molar-refractivity contribution in [1.82, 2.24) is 9.80 Å². The summed E-state index contributed by atoms with van der Waals surface area (Å²) in [6, 6.07) is 0.0514. The molecule has 2 amide bonds. The van der Waals surface area contributed by atoms with Gasteiger partial charge in [0.1, 0.15) is 5.60 Å². The summed E-state index contributed by atoms with van der Waals surface area (Å²) in [4.78, 5) is 40.6. The maximum Gasteiger partial charge on any atom is 0.410 e. The van der Waals surface area contributed by atoms with Gasteiger partial charge in [0.15, 0.2) is 0 Å². The Morgan fingerprint density at radius 1 is 1.31 bits per heavy atom. The van der Waals surface area contributed by atoms with Crippen LogP contribution in [-0.2, 0) is 19.1 Å².